The van der Waals surface area contributed by atoms with Crippen molar-refractivity contribution < 1.29 is 13.9 Å². The molecule has 0 amide bonds. The van der Waals surface area contributed by atoms with Crippen molar-refractivity contribution in [2.45, 2.75) is 32.0 Å². The van der Waals surface area contributed by atoms with Gasteiger partial charge in [0.05, 0.1) is 16.9 Å². The summed E-state index contributed by atoms with van der Waals surface area (Å²) < 4.78 is 28.7. The Morgan fingerprint density at radius 2 is 1.63 bits per heavy atom. The number of nitrogens with zero attached hydrogens (tertiary/aromatic N) is 2. The Bertz CT molecular complexity index is 962. The van der Waals surface area contributed by atoms with Crippen molar-refractivity contribution in [3.8, 4) is 11.3 Å². The van der Waals surface area contributed by atoms with Crippen LogP contribution < -0.4 is 5.32 Å². The lowest BCUT2D eigenvalue weighted by molar-refractivity contribution is 0.204. The van der Waals surface area contributed by atoms with E-state index < -0.39 is 6.10 Å². The fourth-order valence-corrected chi connectivity index (χ4v) is 3.63. The van der Waals surface area contributed by atoms with E-state index in [1.54, 1.807) is 24.3 Å². The third-order valence-corrected chi connectivity index (χ3v) is 5.03. The smallest absolute Gasteiger partial charge is 0.129 e. The summed E-state index contributed by atoms with van der Waals surface area (Å²) in [5.41, 5.74) is 2.19. The van der Waals surface area contributed by atoms with Gasteiger partial charge in [-0.25, -0.2) is 13.8 Å². The van der Waals surface area contributed by atoms with Crippen molar-refractivity contribution in [1.82, 2.24) is 14.9 Å². The molecule has 27 heavy (non-hydrogen) atoms. The van der Waals surface area contributed by atoms with Crippen LogP contribution in [0.5, 0.6) is 0 Å². The molecule has 0 fully saturated rings. The van der Waals surface area contributed by atoms with Crippen LogP contribution in [-0.2, 0) is 12.1 Å². The number of aliphatic hydroxyl groups excluding tert-OH is 1. The van der Waals surface area contributed by atoms with E-state index >= 15 is 0 Å². The van der Waals surface area contributed by atoms with Gasteiger partial charge in [-0.05, 0) is 55.8 Å². The molecule has 1 unspecified atom stereocenters. The number of fused-ring (bicyclic) bond motifs is 1. The van der Waals surface area contributed by atoms with E-state index in [0.29, 0.717) is 23.5 Å². The molecule has 4 nitrogen and oxygen atoms in total. The van der Waals surface area contributed by atoms with Crippen LogP contribution in [0.4, 0.5) is 8.78 Å². The van der Waals surface area contributed by atoms with Crippen molar-refractivity contribution in [1.29, 1.82) is 0 Å². The highest BCUT2D eigenvalue weighted by atomic mass is 19.1. The second kappa shape index (κ2) is 6.55. The minimum atomic E-state index is -0.971. The summed E-state index contributed by atoms with van der Waals surface area (Å²) in [7, 11) is 0. The average Bonchev–Trinajstić information content (AvgIpc) is 3.03. The maximum absolute atomic E-state index is 13.4. The van der Waals surface area contributed by atoms with E-state index in [4.69, 9.17) is 4.98 Å². The van der Waals surface area contributed by atoms with Gasteiger partial charge in [-0.1, -0.05) is 12.1 Å². The van der Waals surface area contributed by atoms with Crippen molar-refractivity contribution >= 4 is 0 Å². The lowest BCUT2D eigenvalue weighted by Crippen LogP contribution is -2.45. The van der Waals surface area contributed by atoms with E-state index in [-0.39, 0.29) is 17.2 Å². The fraction of sp³-hybridized carbons (Fsp3) is 0.286. The van der Waals surface area contributed by atoms with Gasteiger partial charge in [0.2, 0.25) is 0 Å². The molecule has 3 aromatic rings. The van der Waals surface area contributed by atoms with Crippen LogP contribution in [0.15, 0.2) is 48.5 Å². The highest BCUT2D eigenvalue weighted by Gasteiger charge is 2.35. The minimum Gasteiger partial charge on any atom is -0.382 e. The van der Waals surface area contributed by atoms with Gasteiger partial charge in [-0.15, -0.1) is 0 Å². The third-order valence-electron chi connectivity index (χ3n) is 5.03. The maximum Gasteiger partial charge on any atom is 0.129 e. The number of imidazole rings is 1. The van der Waals surface area contributed by atoms with Crippen molar-refractivity contribution in [3.63, 3.8) is 0 Å². The Hall–Kier alpha value is -2.57. The zero-order valence-corrected chi connectivity index (χ0v) is 15.2. The van der Waals surface area contributed by atoms with Gasteiger partial charge in [0.15, 0.2) is 0 Å². The van der Waals surface area contributed by atoms with Crippen molar-refractivity contribution in [2.75, 3.05) is 6.54 Å². The highest BCUT2D eigenvalue weighted by Crippen LogP contribution is 2.36. The Labute approximate surface area is 156 Å². The molecular weight excluding hydrogens is 348 g/mol. The number of hydrogen-bond donors (Lipinski definition) is 2. The monoisotopic (exact) mass is 369 g/mol. The molecule has 140 valence electrons. The molecule has 0 spiro atoms. The first-order chi connectivity index (χ1) is 12.9. The van der Waals surface area contributed by atoms with Gasteiger partial charge in [0.1, 0.15) is 23.6 Å². The first-order valence-electron chi connectivity index (χ1n) is 8.92. The number of aliphatic hydroxyl groups is 1. The molecule has 0 saturated carbocycles. The number of benzene rings is 2. The topological polar surface area (TPSA) is 50.1 Å². The average molecular weight is 369 g/mol. The quantitative estimate of drug-likeness (QED) is 0.739. The molecule has 6 heteroatoms. The molecule has 0 bridgehead atoms. The van der Waals surface area contributed by atoms with Crippen molar-refractivity contribution in [2.24, 2.45) is 0 Å². The largest absolute Gasteiger partial charge is 0.382 e. The molecule has 0 saturated heterocycles. The Morgan fingerprint density at radius 1 is 1.04 bits per heavy atom. The van der Waals surface area contributed by atoms with Gasteiger partial charge in [0.25, 0.3) is 0 Å². The number of rotatable bonds is 3. The first kappa shape index (κ1) is 17.8. The Morgan fingerprint density at radius 3 is 2.26 bits per heavy atom. The summed E-state index contributed by atoms with van der Waals surface area (Å²) in [5, 5.41) is 14.5. The van der Waals surface area contributed by atoms with E-state index in [1.165, 1.54) is 24.3 Å². The van der Waals surface area contributed by atoms with Crippen LogP contribution in [0.3, 0.4) is 0 Å². The summed E-state index contributed by atoms with van der Waals surface area (Å²) in [5.74, 6) is 0.125. The van der Waals surface area contributed by atoms with Crippen molar-refractivity contribution in [3.05, 3.63) is 77.2 Å². The summed E-state index contributed by atoms with van der Waals surface area (Å²) >= 11 is 0. The standard InChI is InChI=1S/C21H21F2N3O/c1-21(2)20-25-17(13-3-7-15(22)8-4-13)18(26(20)12-11-24-21)19(27)14-5-9-16(23)10-6-14/h3-10,19,24,27H,11-12H2,1-2H3. The summed E-state index contributed by atoms with van der Waals surface area (Å²) in [6.07, 6.45) is -0.971. The normalized spacial score (nSPS) is 16.8. The Balaban J connectivity index is 1.91. The number of aromatic nitrogens is 2. The minimum absolute atomic E-state index is 0.328. The van der Waals surface area contributed by atoms with Crippen LogP contribution in [0.25, 0.3) is 11.3 Å². The van der Waals surface area contributed by atoms with E-state index in [2.05, 4.69) is 5.32 Å². The van der Waals surface area contributed by atoms with Gasteiger partial charge in [0, 0.05) is 18.7 Å². The predicted octanol–water partition coefficient (Wildman–Crippen LogP) is 3.75. The summed E-state index contributed by atoms with van der Waals surface area (Å²) in [4.78, 5) is 4.81. The molecule has 4 rings (SSSR count). The number of halogens is 2. The molecule has 2 heterocycles. The zero-order valence-electron chi connectivity index (χ0n) is 15.2. The molecule has 0 aliphatic carbocycles. The molecule has 1 aliphatic rings. The van der Waals surface area contributed by atoms with Gasteiger partial charge in [-0.2, -0.15) is 0 Å². The second-order valence-electron chi connectivity index (χ2n) is 7.33. The van der Waals surface area contributed by atoms with Crippen LogP contribution in [0, 0.1) is 11.6 Å². The first-order valence-corrected chi connectivity index (χ1v) is 8.92. The molecule has 1 aliphatic heterocycles. The van der Waals surface area contributed by atoms with Crippen LogP contribution >= 0.6 is 0 Å². The fourth-order valence-electron chi connectivity index (χ4n) is 3.63. The lowest BCUT2D eigenvalue weighted by atomic mass is 10.0. The molecular formula is C21H21F2N3O. The molecule has 2 N–H and O–H groups in total. The van der Waals surface area contributed by atoms with Gasteiger partial charge < -0.3 is 15.0 Å². The van der Waals surface area contributed by atoms with E-state index in [9.17, 15) is 13.9 Å². The van der Waals surface area contributed by atoms with Gasteiger partial charge in [-0.3, -0.25) is 0 Å². The summed E-state index contributed by atoms with van der Waals surface area (Å²) in [6, 6.07) is 11.9. The predicted molar refractivity (Wildman–Crippen MR) is 99.1 cm³/mol. The lowest BCUT2D eigenvalue weighted by Gasteiger charge is -2.32. The third kappa shape index (κ3) is 3.15. The number of hydrogen-bond acceptors (Lipinski definition) is 3. The van der Waals surface area contributed by atoms with Crippen LogP contribution in [0.2, 0.25) is 0 Å². The Kier molecular flexibility index (Phi) is 4.32. The van der Waals surface area contributed by atoms with E-state index in [0.717, 1.165) is 17.9 Å². The molecule has 1 aromatic heterocycles. The second-order valence-corrected chi connectivity index (χ2v) is 7.33. The van der Waals surface area contributed by atoms with Crippen LogP contribution in [0.1, 0.15) is 37.0 Å². The molecule has 2 aromatic carbocycles. The SMILES string of the molecule is CC1(C)NCCn2c1nc(-c1ccc(F)cc1)c2C(O)c1ccc(F)cc1. The highest BCUT2D eigenvalue weighted by molar-refractivity contribution is 5.64. The van der Waals surface area contributed by atoms with Crippen LogP contribution in [-0.4, -0.2) is 21.2 Å². The van der Waals surface area contributed by atoms with Gasteiger partial charge >= 0.3 is 0 Å². The maximum atomic E-state index is 13.4. The zero-order chi connectivity index (χ0) is 19.2. The van der Waals surface area contributed by atoms with E-state index in [1.807, 2.05) is 18.4 Å². The molecule has 0 radical (unpaired) electrons. The number of nitrogens with one attached hydrogen (secondary N) is 1. The summed E-state index contributed by atoms with van der Waals surface area (Å²) in [6.45, 7) is 5.46. The molecule has 1 atom stereocenters.